The number of ether oxygens (including phenoxy) is 1. The standard InChI is InChI=1S/C14H24F2O/c1-13(15,16)8-6-7-11-14(12-17-2)9-4-3-5-10-14/h6,8H,3-5,7,9-12H2,1-2H3. The molecule has 1 nitrogen and oxygen atoms in total. The molecule has 0 radical (unpaired) electrons. The van der Waals surface area contributed by atoms with Gasteiger partial charge in [0.2, 0.25) is 0 Å². The van der Waals surface area contributed by atoms with Gasteiger partial charge in [-0.1, -0.05) is 25.3 Å². The lowest BCUT2D eigenvalue weighted by Gasteiger charge is -2.36. The van der Waals surface area contributed by atoms with Crippen LogP contribution in [0.3, 0.4) is 0 Å². The van der Waals surface area contributed by atoms with E-state index in [1.54, 1.807) is 13.2 Å². The average molecular weight is 246 g/mol. The van der Waals surface area contributed by atoms with E-state index >= 15 is 0 Å². The predicted molar refractivity (Wildman–Crippen MR) is 66.4 cm³/mol. The van der Waals surface area contributed by atoms with Crippen LogP contribution in [-0.2, 0) is 4.74 Å². The monoisotopic (exact) mass is 246 g/mol. The van der Waals surface area contributed by atoms with Gasteiger partial charge in [-0.15, -0.1) is 0 Å². The van der Waals surface area contributed by atoms with Gasteiger partial charge in [-0.2, -0.15) is 0 Å². The molecule has 1 rings (SSSR count). The molecule has 0 aromatic carbocycles. The van der Waals surface area contributed by atoms with Crippen molar-refractivity contribution in [1.82, 2.24) is 0 Å². The van der Waals surface area contributed by atoms with E-state index in [-0.39, 0.29) is 5.41 Å². The second kappa shape index (κ2) is 6.48. The highest BCUT2D eigenvalue weighted by Gasteiger charge is 2.31. The third-order valence-corrected chi connectivity index (χ3v) is 3.62. The second-order valence-corrected chi connectivity index (χ2v) is 5.39. The first kappa shape index (κ1) is 14.6. The summed E-state index contributed by atoms with van der Waals surface area (Å²) in [7, 11) is 1.73. The van der Waals surface area contributed by atoms with Crippen molar-refractivity contribution in [2.75, 3.05) is 13.7 Å². The van der Waals surface area contributed by atoms with E-state index in [4.69, 9.17) is 4.74 Å². The molecule has 0 bridgehead atoms. The van der Waals surface area contributed by atoms with Crippen LogP contribution in [0.2, 0.25) is 0 Å². The minimum absolute atomic E-state index is 0.236. The summed E-state index contributed by atoms with van der Waals surface area (Å²) < 4.78 is 30.6. The fraction of sp³-hybridized carbons (Fsp3) is 0.857. The van der Waals surface area contributed by atoms with Gasteiger partial charge in [0, 0.05) is 14.0 Å². The van der Waals surface area contributed by atoms with E-state index < -0.39 is 5.92 Å². The van der Waals surface area contributed by atoms with Crippen molar-refractivity contribution in [3.8, 4) is 0 Å². The molecule has 0 amide bonds. The summed E-state index contributed by atoms with van der Waals surface area (Å²) in [6, 6.07) is 0. The molecule has 100 valence electrons. The number of alkyl halides is 2. The molecular formula is C14H24F2O. The summed E-state index contributed by atoms with van der Waals surface area (Å²) in [6.07, 6.45) is 10.5. The minimum atomic E-state index is -2.68. The quantitative estimate of drug-likeness (QED) is 0.623. The molecule has 0 N–H and O–H groups in total. The lowest BCUT2D eigenvalue weighted by Crippen LogP contribution is -2.29. The maximum Gasteiger partial charge on any atom is 0.263 e. The summed E-state index contributed by atoms with van der Waals surface area (Å²) in [4.78, 5) is 0. The molecule has 0 aromatic rings. The maximum absolute atomic E-state index is 12.6. The zero-order chi connectivity index (χ0) is 12.8. The van der Waals surface area contributed by atoms with Crippen LogP contribution in [0.4, 0.5) is 8.78 Å². The molecule has 1 aliphatic rings. The molecule has 0 heterocycles. The smallest absolute Gasteiger partial charge is 0.263 e. The molecule has 0 unspecified atom stereocenters. The fourth-order valence-electron chi connectivity index (χ4n) is 2.75. The van der Waals surface area contributed by atoms with E-state index in [1.807, 2.05) is 0 Å². The van der Waals surface area contributed by atoms with Crippen molar-refractivity contribution in [2.45, 2.75) is 57.8 Å². The summed E-state index contributed by atoms with van der Waals surface area (Å²) >= 11 is 0. The van der Waals surface area contributed by atoms with Crippen LogP contribution in [0.1, 0.15) is 51.9 Å². The molecule has 0 saturated heterocycles. The van der Waals surface area contributed by atoms with Crippen LogP contribution < -0.4 is 0 Å². The van der Waals surface area contributed by atoms with Gasteiger partial charge in [-0.3, -0.25) is 0 Å². The molecular weight excluding hydrogens is 222 g/mol. The van der Waals surface area contributed by atoms with Gasteiger partial charge in [0.1, 0.15) is 0 Å². The highest BCUT2D eigenvalue weighted by molar-refractivity contribution is 4.94. The van der Waals surface area contributed by atoms with Crippen LogP contribution in [-0.4, -0.2) is 19.6 Å². The Kier molecular flexibility index (Phi) is 5.57. The Balaban J connectivity index is 2.42. The molecule has 0 atom stereocenters. The lowest BCUT2D eigenvalue weighted by atomic mass is 9.72. The van der Waals surface area contributed by atoms with Crippen molar-refractivity contribution < 1.29 is 13.5 Å². The summed E-state index contributed by atoms with van der Waals surface area (Å²) in [5.74, 6) is -2.68. The molecule has 1 saturated carbocycles. The minimum Gasteiger partial charge on any atom is -0.384 e. The second-order valence-electron chi connectivity index (χ2n) is 5.39. The van der Waals surface area contributed by atoms with E-state index in [0.717, 1.165) is 32.4 Å². The van der Waals surface area contributed by atoms with E-state index in [2.05, 4.69) is 0 Å². The Morgan fingerprint density at radius 1 is 1.24 bits per heavy atom. The number of rotatable bonds is 6. The molecule has 3 heteroatoms. The Morgan fingerprint density at radius 2 is 1.88 bits per heavy atom. The molecule has 0 spiro atoms. The van der Waals surface area contributed by atoms with Gasteiger partial charge in [0.25, 0.3) is 5.92 Å². The van der Waals surface area contributed by atoms with Crippen LogP contribution in [0.5, 0.6) is 0 Å². The molecule has 0 aliphatic heterocycles. The van der Waals surface area contributed by atoms with Gasteiger partial charge < -0.3 is 4.74 Å². The number of hydrogen-bond acceptors (Lipinski definition) is 1. The molecule has 1 fully saturated rings. The Morgan fingerprint density at radius 3 is 2.41 bits per heavy atom. The normalized spacial score (nSPS) is 20.9. The van der Waals surface area contributed by atoms with Gasteiger partial charge >= 0.3 is 0 Å². The van der Waals surface area contributed by atoms with Crippen LogP contribution in [0.25, 0.3) is 0 Å². The first-order chi connectivity index (χ1) is 7.97. The zero-order valence-corrected chi connectivity index (χ0v) is 11.0. The predicted octanol–water partition coefficient (Wildman–Crippen LogP) is 4.57. The van der Waals surface area contributed by atoms with Gasteiger partial charge in [-0.25, -0.2) is 8.78 Å². The maximum atomic E-state index is 12.6. The largest absolute Gasteiger partial charge is 0.384 e. The van der Waals surface area contributed by atoms with Crippen molar-refractivity contribution in [3.05, 3.63) is 12.2 Å². The van der Waals surface area contributed by atoms with Crippen molar-refractivity contribution in [1.29, 1.82) is 0 Å². The Bertz CT molecular complexity index is 232. The molecule has 17 heavy (non-hydrogen) atoms. The Labute approximate surface area is 103 Å². The number of methoxy groups -OCH3 is 1. The third-order valence-electron chi connectivity index (χ3n) is 3.62. The van der Waals surface area contributed by atoms with Crippen LogP contribution in [0.15, 0.2) is 12.2 Å². The summed E-state index contributed by atoms with van der Waals surface area (Å²) in [5.41, 5.74) is 0.236. The van der Waals surface area contributed by atoms with Crippen molar-refractivity contribution >= 4 is 0 Å². The van der Waals surface area contributed by atoms with E-state index in [1.165, 1.54) is 32.1 Å². The Hall–Kier alpha value is -0.440. The first-order valence-electron chi connectivity index (χ1n) is 6.52. The first-order valence-corrected chi connectivity index (χ1v) is 6.52. The van der Waals surface area contributed by atoms with E-state index in [9.17, 15) is 8.78 Å². The highest BCUT2D eigenvalue weighted by atomic mass is 19.3. The number of hydrogen-bond donors (Lipinski definition) is 0. The van der Waals surface area contributed by atoms with Gasteiger partial charge in [0.05, 0.1) is 6.61 Å². The summed E-state index contributed by atoms with van der Waals surface area (Å²) in [6.45, 7) is 1.69. The van der Waals surface area contributed by atoms with Crippen LogP contribution in [0, 0.1) is 5.41 Å². The SMILES string of the molecule is COCC1(CCC=CC(C)(F)F)CCCCC1. The van der Waals surface area contributed by atoms with Gasteiger partial charge in [-0.05, 0) is 37.2 Å². The fourth-order valence-corrected chi connectivity index (χ4v) is 2.75. The topological polar surface area (TPSA) is 9.23 Å². The van der Waals surface area contributed by atoms with Crippen LogP contribution >= 0.6 is 0 Å². The lowest BCUT2D eigenvalue weighted by molar-refractivity contribution is 0.0420. The number of halogens is 2. The van der Waals surface area contributed by atoms with E-state index in [0.29, 0.717) is 0 Å². The highest BCUT2D eigenvalue weighted by Crippen LogP contribution is 2.40. The van der Waals surface area contributed by atoms with Crippen molar-refractivity contribution in [2.24, 2.45) is 5.41 Å². The summed E-state index contributed by atoms with van der Waals surface area (Å²) in [5, 5.41) is 0. The molecule has 1 aliphatic carbocycles. The number of allylic oxidation sites excluding steroid dienone is 2. The third kappa shape index (κ3) is 5.62. The average Bonchev–Trinajstić information content (AvgIpc) is 2.25. The zero-order valence-electron chi connectivity index (χ0n) is 11.0. The molecule has 0 aromatic heterocycles. The van der Waals surface area contributed by atoms with Crippen molar-refractivity contribution in [3.63, 3.8) is 0 Å². The van der Waals surface area contributed by atoms with Gasteiger partial charge in [0.15, 0.2) is 0 Å².